The molecule has 5 heteroatoms. The quantitative estimate of drug-likeness (QED) is 0.857. The number of hydrogen-bond donors (Lipinski definition) is 2. The van der Waals surface area contributed by atoms with Gasteiger partial charge < -0.3 is 15.8 Å². The van der Waals surface area contributed by atoms with Gasteiger partial charge in [-0.25, -0.2) is 0 Å². The van der Waals surface area contributed by atoms with Gasteiger partial charge in [-0.15, -0.1) is 0 Å². The Kier molecular flexibility index (Phi) is 6.10. The summed E-state index contributed by atoms with van der Waals surface area (Å²) in [5, 5.41) is 3.14. The van der Waals surface area contributed by atoms with Gasteiger partial charge in [0.05, 0.1) is 11.6 Å². The fourth-order valence-electron chi connectivity index (χ4n) is 3.80. The van der Waals surface area contributed by atoms with Crippen molar-refractivity contribution in [3.8, 4) is 0 Å². The van der Waals surface area contributed by atoms with Gasteiger partial charge in [0.25, 0.3) is 0 Å². The molecule has 1 amide bonds. The summed E-state index contributed by atoms with van der Waals surface area (Å²) in [5.41, 5.74) is 6.80. The normalized spacial score (nSPS) is 23.1. The molecule has 0 spiro atoms. The van der Waals surface area contributed by atoms with E-state index in [1.54, 1.807) is 0 Å². The molecule has 0 aromatic heterocycles. The smallest absolute Gasteiger partial charge is 0.240 e. The third-order valence-electron chi connectivity index (χ3n) is 5.74. The van der Waals surface area contributed by atoms with Crippen molar-refractivity contribution in [3.05, 3.63) is 35.9 Å². The molecule has 3 rings (SSSR count). The van der Waals surface area contributed by atoms with E-state index >= 15 is 0 Å². The standard InChI is InChI=1S/C20H31N3O2/c1-16-7-11-23(12-8-16)18(17-5-3-2-4-6-17)15-22-19(24)20(21)9-13-25-14-10-20/h2-6,16,18H,7-15,21H2,1H3,(H,22,24). The summed E-state index contributed by atoms with van der Waals surface area (Å²) in [6.07, 6.45) is 3.62. The van der Waals surface area contributed by atoms with Crippen molar-refractivity contribution < 1.29 is 9.53 Å². The minimum atomic E-state index is -0.782. The first-order valence-corrected chi connectivity index (χ1v) is 9.52. The molecule has 1 unspecified atom stereocenters. The Morgan fingerprint density at radius 2 is 1.92 bits per heavy atom. The number of likely N-dealkylation sites (tertiary alicyclic amines) is 1. The zero-order valence-corrected chi connectivity index (χ0v) is 15.2. The summed E-state index contributed by atoms with van der Waals surface area (Å²) in [6, 6.07) is 10.7. The van der Waals surface area contributed by atoms with E-state index in [2.05, 4.69) is 41.4 Å². The molecular weight excluding hydrogens is 314 g/mol. The Hall–Kier alpha value is -1.43. The highest BCUT2D eigenvalue weighted by Crippen LogP contribution is 2.27. The maximum atomic E-state index is 12.7. The minimum Gasteiger partial charge on any atom is -0.381 e. The van der Waals surface area contributed by atoms with Gasteiger partial charge in [0.1, 0.15) is 0 Å². The van der Waals surface area contributed by atoms with Crippen LogP contribution in [-0.2, 0) is 9.53 Å². The summed E-state index contributed by atoms with van der Waals surface area (Å²) in [6.45, 7) is 6.22. The monoisotopic (exact) mass is 345 g/mol. The zero-order chi connectivity index (χ0) is 17.7. The molecule has 25 heavy (non-hydrogen) atoms. The molecule has 0 saturated carbocycles. The van der Waals surface area contributed by atoms with Crippen LogP contribution in [0.15, 0.2) is 30.3 Å². The maximum absolute atomic E-state index is 12.7. The number of hydrogen-bond acceptors (Lipinski definition) is 4. The van der Waals surface area contributed by atoms with Crippen molar-refractivity contribution in [3.63, 3.8) is 0 Å². The van der Waals surface area contributed by atoms with E-state index in [1.165, 1.54) is 18.4 Å². The highest BCUT2D eigenvalue weighted by Gasteiger charge is 2.36. The van der Waals surface area contributed by atoms with Crippen molar-refractivity contribution >= 4 is 5.91 Å². The summed E-state index contributed by atoms with van der Waals surface area (Å²) >= 11 is 0. The lowest BCUT2D eigenvalue weighted by molar-refractivity contribution is -0.130. The van der Waals surface area contributed by atoms with Gasteiger partial charge in [-0.1, -0.05) is 37.3 Å². The Balaban J connectivity index is 1.66. The molecule has 1 aromatic carbocycles. The van der Waals surface area contributed by atoms with E-state index < -0.39 is 5.54 Å². The molecule has 0 aliphatic carbocycles. The van der Waals surface area contributed by atoms with Crippen LogP contribution in [-0.4, -0.2) is 49.2 Å². The van der Waals surface area contributed by atoms with E-state index in [4.69, 9.17) is 10.5 Å². The van der Waals surface area contributed by atoms with Crippen LogP contribution in [0.3, 0.4) is 0 Å². The lowest BCUT2D eigenvalue weighted by atomic mass is 9.90. The van der Waals surface area contributed by atoms with E-state index in [1.807, 2.05) is 6.07 Å². The molecule has 138 valence electrons. The third kappa shape index (κ3) is 4.60. The molecule has 0 radical (unpaired) electrons. The lowest BCUT2D eigenvalue weighted by Crippen LogP contribution is -2.58. The third-order valence-corrected chi connectivity index (χ3v) is 5.74. The predicted molar refractivity (Wildman–Crippen MR) is 99.1 cm³/mol. The molecule has 2 heterocycles. The molecule has 2 aliphatic rings. The van der Waals surface area contributed by atoms with Gasteiger partial charge >= 0.3 is 0 Å². The van der Waals surface area contributed by atoms with E-state index in [9.17, 15) is 4.79 Å². The average molecular weight is 345 g/mol. The van der Waals surface area contributed by atoms with Crippen LogP contribution in [0.2, 0.25) is 0 Å². The van der Waals surface area contributed by atoms with Crippen molar-refractivity contribution in [2.75, 3.05) is 32.8 Å². The highest BCUT2D eigenvalue weighted by molar-refractivity contribution is 5.86. The second-order valence-corrected chi connectivity index (χ2v) is 7.62. The topological polar surface area (TPSA) is 67.6 Å². The van der Waals surface area contributed by atoms with Crippen LogP contribution in [0.1, 0.15) is 44.2 Å². The predicted octanol–water partition coefficient (Wildman–Crippen LogP) is 2.08. The Labute approximate surface area is 150 Å². The number of amides is 1. The van der Waals surface area contributed by atoms with Crippen LogP contribution in [0.4, 0.5) is 0 Å². The van der Waals surface area contributed by atoms with Crippen molar-refractivity contribution in [1.29, 1.82) is 0 Å². The average Bonchev–Trinajstić information content (AvgIpc) is 2.64. The number of nitrogens with zero attached hydrogens (tertiary/aromatic N) is 1. The van der Waals surface area contributed by atoms with Crippen molar-refractivity contribution in [1.82, 2.24) is 10.2 Å². The fourth-order valence-corrected chi connectivity index (χ4v) is 3.80. The van der Waals surface area contributed by atoms with Crippen LogP contribution >= 0.6 is 0 Å². The summed E-state index contributed by atoms with van der Waals surface area (Å²) < 4.78 is 5.35. The molecule has 0 bridgehead atoms. The number of benzene rings is 1. The Bertz CT molecular complexity index is 549. The molecule has 2 saturated heterocycles. The van der Waals surface area contributed by atoms with Crippen LogP contribution in [0.5, 0.6) is 0 Å². The molecule has 2 aliphatic heterocycles. The van der Waals surface area contributed by atoms with Crippen molar-refractivity contribution in [2.24, 2.45) is 11.7 Å². The van der Waals surface area contributed by atoms with Crippen LogP contribution in [0.25, 0.3) is 0 Å². The van der Waals surface area contributed by atoms with E-state index in [0.717, 1.165) is 19.0 Å². The number of ether oxygens (including phenoxy) is 1. The van der Waals surface area contributed by atoms with Gasteiger partial charge in [0, 0.05) is 19.8 Å². The summed E-state index contributed by atoms with van der Waals surface area (Å²) in [5.74, 6) is 0.749. The molecule has 1 aromatic rings. The molecule has 5 nitrogen and oxygen atoms in total. The van der Waals surface area contributed by atoms with Gasteiger partial charge in [0.15, 0.2) is 0 Å². The largest absolute Gasteiger partial charge is 0.381 e. The molecule has 2 fully saturated rings. The molecule has 1 atom stereocenters. The molecular formula is C20H31N3O2. The first-order valence-electron chi connectivity index (χ1n) is 9.52. The number of nitrogens with one attached hydrogen (secondary N) is 1. The van der Waals surface area contributed by atoms with Crippen molar-refractivity contribution in [2.45, 2.75) is 44.2 Å². The molecule has 3 N–H and O–H groups in total. The van der Waals surface area contributed by atoms with Gasteiger partial charge in [-0.2, -0.15) is 0 Å². The minimum absolute atomic E-state index is 0.0397. The lowest BCUT2D eigenvalue weighted by Gasteiger charge is -2.38. The van der Waals surface area contributed by atoms with Gasteiger partial charge in [-0.05, 0) is 50.3 Å². The first-order chi connectivity index (χ1) is 12.1. The number of piperidine rings is 1. The number of carbonyl (C=O) groups excluding carboxylic acids is 1. The van der Waals surface area contributed by atoms with Gasteiger partial charge in [-0.3, -0.25) is 9.69 Å². The highest BCUT2D eigenvalue weighted by atomic mass is 16.5. The van der Waals surface area contributed by atoms with Gasteiger partial charge in [0.2, 0.25) is 5.91 Å². The van der Waals surface area contributed by atoms with E-state index in [0.29, 0.717) is 32.6 Å². The second kappa shape index (κ2) is 8.30. The number of nitrogens with two attached hydrogens (primary N) is 1. The second-order valence-electron chi connectivity index (χ2n) is 7.62. The number of rotatable bonds is 5. The van der Waals surface area contributed by atoms with Crippen LogP contribution in [0, 0.1) is 5.92 Å². The Morgan fingerprint density at radius 1 is 1.28 bits per heavy atom. The fraction of sp³-hybridized carbons (Fsp3) is 0.650. The van der Waals surface area contributed by atoms with Crippen LogP contribution < -0.4 is 11.1 Å². The van der Waals surface area contributed by atoms with E-state index in [-0.39, 0.29) is 11.9 Å². The summed E-state index contributed by atoms with van der Waals surface area (Å²) in [7, 11) is 0. The number of carbonyl (C=O) groups is 1. The zero-order valence-electron chi connectivity index (χ0n) is 15.2. The SMILES string of the molecule is CC1CCN(C(CNC(=O)C2(N)CCOCC2)c2ccccc2)CC1. The first kappa shape index (κ1) is 18.4. The maximum Gasteiger partial charge on any atom is 0.240 e. The Morgan fingerprint density at radius 3 is 2.56 bits per heavy atom. The summed E-state index contributed by atoms with van der Waals surface area (Å²) in [4.78, 5) is 15.2.